The van der Waals surface area contributed by atoms with E-state index in [1.165, 1.54) is 12.1 Å². The maximum atomic E-state index is 12.9. The van der Waals surface area contributed by atoms with Crippen molar-refractivity contribution in [2.75, 3.05) is 4.72 Å². The largest absolute Gasteiger partial charge is 0.276 e. The molecular weight excluding hydrogens is 431 g/mol. The van der Waals surface area contributed by atoms with Crippen molar-refractivity contribution in [1.29, 1.82) is 0 Å². The molecule has 0 bridgehead atoms. The Morgan fingerprint density at radius 3 is 2.19 bits per heavy atom. The summed E-state index contributed by atoms with van der Waals surface area (Å²) in [4.78, 5) is 3.72. The van der Waals surface area contributed by atoms with Gasteiger partial charge in [0.15, 0.2) is 0 Å². The summed E-state index contributed by atoms with van der Waals surface area (Å²) in [5, 5.41) is 4.50. The number of aromatic nitrogens is 3. The quantitative estimate of drug-likeness (QED) is 0.582. The minimum absolute atomic E-state index is 0.00266. The van der Waals surface area contributed by atoms with E-state index in [2.05, 4.69) is 14.8 Å². The normalized spacial score (nSPS) is 11.6. The fraction of sp³-hybridized carbons (Fsp3) is 0.176. The molecule has 0 spiro atoms. The molecule has 0 saturated heterocycles. The Morgan fingerprint density at radius 1 is 1.04 bits per heavy atom. The molecule has 0 unspecified atom stereocenters. The van der Waals surface area contributed by atoms with Gasteiger partial charge in [-0.3, -0.25) is 9.40 Å². The average Bonchev–Trinajstić information content (AvgIpc) is 2.80. The van der Waals surface area contributed by atoms with Crippen molar-refractivity contribution in [2.24, 2.45) is 7.05 Å². The zero-order valence-corrected chi connectivity index (χ0v) is 17.7. The first-order chi connectivity index (χ1) is 12.6. The van der Waals surface area contributed by atoms with Crippen LogP contribution in [0.1, 0.15) is 11.4 Å². The van der Waals surface area contributed by atoms with E-state index in [1.807, 2.05) is 0 Å². The maximum Gasteiger partial charge on any atom is 0.264 e. The van der Waals surface area contributed by atoms with Gasteiger partial charge in [-0.15, -0.1) is 0 Å². The van der Waals surface area contributed by atoms with Gasteiger partial charge in [0.05, 0.1) is 27.1 Å². The summed E-state index contributed by atoms with van der Waals surface area (Å²) in [6.07, 6.45) is 1.54. The number of nitrogens with zero attached hydrogens (tertiary/aromatic N) is 3. The number of hydrogen-bond acceptors (Lipinski definition) is 4. The summed E-state index contributed by atoms with van der Waals surface area (Å²) in [5.41, 5.74) is 2.96. The first kappa shape index (κ1) is 19.9. The Balaban J connectivity index is 2.06. The topological polar surface area (TPSA) is 76.9 Å². The van der Waals surface area contributed by atoms with Crippen molar-refractivity contribution in [3.63, 3.8) is 0 Å². The lowest BCUT2D eigenvalue weighted by Gasteiger charge is -2.13. The van der Waals surface area contributed by atoms with Crippen molar-refractivity contribution in [1.82, 2.24) is 14.8 Å². The SMILES string of the molecule is Cc1nn(C)c(C)c1NS(=O)(=O)c1c(Cl)cc(-c2ccnc(Cl)c2)cc1Cl. The minimum Gasteiger partial charge on any atom is -0.276 e. The van der Waals surface area contributed by atoms with Gasteiger partial charge in [-0.1, -0.05) is 34.8 Å². The second kappa shape index (κ2) is 7.31. The van der Waals surface area contributed by atoms with E-state index in [1.54, 1.807) is 43.9 Å². The highest BCUT2D eigenvalue weighted by molar-refractivity contribution is 7.93. The number of nitrogens with one attached hydrogen (secondary N) is 1. The molecule has 10 heteroatoms. The first-order valence-electron chi connectivity index (χ1n) is 7.74. The zero-order valence-electron chi connectivity index (χ0n) is 14.6. The van der Waals surface area contributed by atoms with Gasteiger partial charge in [0.25, 0.3) is 10.0 Å². The molecule has 3 rings (SSSR count). The van der Waals surface area contributed by atoms with Gasteiger partial charge >= 0.3 is 0 Å². The summed E-state index contributed by atoms with van der Waals surface area (Å²) >= 11 is 18.5. The fourth-order valence-corrected chi connectivity index (χ4v) is 5.24. The van der Waals surface area contributed by atoms with E-state index in [4.69, 9.17) is 34.8 Å². The van der Waals surface area contributed by atoms with E-state index in [0.29, 0.717) is 27.8 Å². The van der Waals surface area contributed by atoms with Crippen LogP contribution in [0.3, 0.4) is 0 Å². The number of sulfonamides is 1. The van der Waals surface area contributed by atoms with Crippen LogP contribution in [0, 0.1) is 13.8 Å². The lowest BCUT2D eigenvalue weighted by atomic mass is 10.1. The highest BCUT2D eigenvalue weighted by Crippen LogP contribution is 2.36. The third-order valence-corrected chi connectivity index (χ3v) is 6.55. The van der Waals surface area contributed by atoms with Crippen molar-refractivity contribution < 1.29 is 8.42 Å². The highest BCUT2D eigenvalue weighted by Gasteiger charge is 2.25. The third-order valence-electron chi connectivity index (χ3n) is 4.07. The van der Waals surface area contributed by atoms with Crippen molar-refractivity contribution in [3.8, 4) is 11.1 Å². The number of anilines is 1. The van der Waals surface area contributed by atoms with Gasteiger partial charge in [-0.05, 0) is 49.2 Å². The predicted molar refractivity (Wildman–Crippen MR) is 108 cm³/mol. The molecular formula is C17H15Cl3N4O2S. The molecule has 0 aliphatic heterocycles. The van der Waals surface area contributed by atoms with Gasteiger partial charge in [0.2, 0.25) is 0 Å². The Hall–Kier alpha value is -1.80. The summed E-state index contributed by atoms with van der Waals surface area (Å²) < 4.78 is 29.9. The zero-order chi connectivity index (χ0) is 19.9. The standard InChI is InChI=1S/C17H15Cl3N4O2S/c1-9-16(10(2)24(3)22-9)23-27(25,26)17-13(18)6-12(7-14(17)19)11-4-5-21-15(20)8-11/h4-8,23H,1-3H3. The van der Waals surface area contributed by atoms with E-state index < -0.39 is 10.0 Å². The van der Waals surface area contributed by atoms with E-state index in [0.717, 1.165) is 5.56 Å². The van der Waals surface area contributed by atoms with E-state index in [9.17, 15) is 8.42 Å². The number of hydrogen-bond donors (Lipinski definition) is 1. The van der Waals surface area contributed by atoms with Gasteiger partial charge in [0, 0.05) is 13.2 Å². The number of halogens is 3. The number of benzene rings is 1. The van der Waals surface area contributed by atoms with Crippen molar-refractivity contribution >= 4 is 50.5 Å². The van der Waals surface area contributed by atoms with Gasteiger partial charge in [-0.25, -0.2) is 13.4 Å². The molecule has 0 aliphatic rings. The molecule has 3 aromatic rings. The summed E-state index contributed by atoms with van der Waals surface area (Å²) in [7, 11) is -2.29. The molecule has 0 atom stereocenters. The van der Waals surface area contributed by atoms with Gasteiger partial charge in [-0.2, -0.15) is 5.10 Å². The van der Waals surface area contributed by atoms with Crippen LogP contribution in [-0.2, 0) is 17.1 Å². The summed E-state index contributed by atoms with van der Waals surface area (Å²) in [6.45, 7) is 3.47. The van der Waals surface area contributed by atoms with Crippen LogP contribution >= 0.6 is 34.8 Å². The highest BCUT2D eigenvalue weighted by atomic mass is 35.5. The second-order valence-electron chi connectivity index (χ2n) is 5.91. The van der Waals surface area contributed by atoms with Crippen LogP contribution in [0.2, 0.25) is 15.2 Å². The Labute approximate surface area is 172 Å². The summed E-state index contributed by atoms with van der Waals surface area (Å²) in [5.74, 6) is 0. The van der Waals surface area contributed by atoms with Crippen LogP contribution < -0.4 is 4.72 Å². The van der Waals surface area contributed by atoms with Crippen molar-refractivity contribution in [3.05, 3.63) is 57.0 Å². The molecule has 142 valence electrons. The molecule has 1 N–H and O–H groups in total. The van der Waals surface area contributed by atoms with Crippen LogP contribution in [0.4, 0.5) is 5.69 Å². The summed E-state index contributed by atoms with van der Waals surface area (Å²) in [6, 6.07) is 6.41. The van der Waals surface area contributed by atoms with Crippen LogP contribution in [-0.4, -0.2) is 23.2 Å². The van der Waals surface area contributed by atoms with Gasteiger partial charge in [0.1, 0.15) is 10.0 Å². The molecule has 2 aromatic heterocycles. The van der Waals surface area contributed by atoms with Crippen LogP contribution in [0.5, 0.6) is 0 Å². The maximum absolute atomic E-state index is 12.9. The molecule has 0 saturated carbocycles. The average molecular weight is 446 g/mol. The van der Waals surface area contributed by atoms with Crippen LogP contribution in [0.25, 0.3) is 11.1 Å². The molecule has 1 aromatic carbocycles. The van der Waals surface area contributed by atoms with E-state index >= 15 is 0 Å². The Bertz CT molecular complexity index is 1120. The third kappa shape index (κ3) is 3.91. The van der Waals surface area contributed by atoms with Crippen LogP contribution in [0.15, 0.2) is 35.4 Å². The predicted octanol–water partition coefficient (Wildman–Crippen LogP) is 4.86. The second-order valence-corrected chi connectivity index (χ2v) is 8.73. The lowest BCUT2D eigenvalue weighted by Crippen LogP contribution is -2.15. The first-order valence-corrected chi connectivity index (χ1v) is 10.4. The number of aryl methyl sites for hydroxylation is 2. The molecule has 2 heterocycles. The van der Waals surface area contributed by atoms with E-state index in [-0.39, 0.29) is 14.9 Å². The Morgan fingerprint density at radius 2 is 1.67 bits per heavy atom. The molecule has 27 heavy (non-hydrogen) atoms. The number of rotatable bonds is 4. The fourth-order valence-electron chi connectivity index (χ4n) is 2.67. The number of pyridine rings is 1. The molecule has 0 aliphatic carbocycles. The minimum atomic E-state index is -4.02. The van der Waals surface area contributed by atoms with Crippen molar-refractivity contribution in [2.45, 2.75) is 18.7 Å². The molecule has 0 radical (unpaired) electrons. The Kier molecular flexibility index (Phi) is 5.40. The molecule has 0 fully saturated rings. The smallest absolute Gasteiger partial charge is 0.264 e. The molecule has 0 amide bonds. The monoisotopic (exact) mass is 444 g/mol. The van der Waals surface area contributed by atoms with Gasteiger partial charge < -0.3 is 0 Å². The lowest BCUT2D eigenvalue weighted by molar-refractivity contribution is 0.601. The molecule has 6 nitrogen and oxygen atoms in total.